The molecule has 0 saturated heterocycles. The molecule has 1 aliphatic carbocycles. The van der Waals surface area contributed by atoms with Crippen LogP contribution in [0.2, 0.25) is 5.15 Å². The maximum atomic E-state index is 9.51. The number of hydrogen-bond acceptors (Lipinski definition) is 3. The summed E-state index contributed by atoms with van der Waals surface area (Å²) < 4.78 is 0. The molecule has 1 heterocycles. The number of aromatic nitrogens is 2. The van der Waals surface area contributed by atoms with Crippen molar-refractivity contribution in [1.82, 2.24) is 9.97 Å². The lowest BCUT2D eigenvalue weighted by Crippen LogP contribution is -2.12. The molecule has 0 aromatic carbocycles. The lowest BCUT2D eigenvalue weighted by atomic mass is 9.98. The molecule has 64 valence electrons. The van der Waals surface area contributed by atoms with Gasteiger partial charge in [-0.3, -0.25) is 4.98 Å². The lowest BCUT2D eigenvalue weighted by Gasteiger charge is -2.18. The zero-order chi connectivity index (χ0) is 8.55. The van der Waals surface area contributed by atoms with Crippen LogP contribution < -0.4 is 0 Å². The molecule has 1 unspecified atom stereocenters. The summed E-state index contributed by atoms with van der Waals surface area (Å²) in [4.78, 5) is 8.16. The van der Waals surface area contributed by atoms with Crippen molar-refractivity contribution in [2.75, 3.05) is 0 Å². The van der Waals surface area contributed by atoms with Gasteiger partial charge in [0.1, 0.15) is 5.15 Å². The molecule has 1 N–H and O–H groups in total. The molecule has 1 aromatic heterocycles. The van der Waals surface area contributed by atoms with Gasteiger partial charge in [-0.15, -0.1) is 0 Å². The van der Waals surface area contributed by atoms with Gasteiger partial charge in [-0.2, -0.15) is 0 Å². The highest BCUT2D eigenvalue weighted by molar-refractivity contribution is 6.29. The summed E-state index contributed by atoms with van der Waals surface area (Å²) in [7, 11) is 0. The lowest BCUT2D eigenvalue weighted by molar-refractivity contribution is 0.150. The van der Waals surface area contributed by atoms with Crippen molar-refractivity contribution in [3.8, 4) is 0 Å². The SMILES string of the molecule is OC1CCCc2nc(Cl)cnc21. The van der Waals surface area contributed by atoms with Crippen LogP contribution in [-0.2, 0) is 6.42 Å². The van der Waals surface area contributed by atoms with E-state index in [4.69, 9.17) is 11.6 Å². The minimum Gasteiger partial charge on any atom is -0.387 e. The van der Waals surface area contributed by atoms with Gasteiger partial charge in [-0.1, -0.05) is 11.6 Å². The highest BCUT2D eigenvalue weighted by atomic mass is 35.5. The van der Waals surface area contributed by atoms with Crippen LogP contribution in [0.1, 0.15) is 30.3 Å². The molecule has 0 bridgehead atoms. The normalized spacial score (nSPS) is 22.0. The second-order valence-corrected chi connectivity index (χ2v) is 3.32. The molecule has 4 heteroatoms. The summed E-state index contributed by atoms with van der Waals surface area (Å²) in [6.07, 6.45) is 3.65. The molecule has 12 heavy (non-hydrogen) atoms. The monoisotopic (exact) mass is 184 g/mol. The van der Waals surface area contributed by atoms with E-state index in [-0.39, 0.29) is 0 Å². The Hall–Kier alpha value is -0.670. The topological polar surface area (TPSA) is 46.0 Å². The zero-order valence-electron chi connectivity index (χ0n) is 6.50. The smallest absolute Gasteiger partial charge is 0.147 e. The first kappa shape index (κ1) is 7.95. The van der Waals surface area contributed by atoms with E-state index in [0.717, 1.165) is 25.0 Å². The number of aliphatic hydroxyl groups excluding tert-OH is 1. The van der Waals surface area contributed by atoms with Crippen molar-refractivity contribution in [2.45, 2.75) is 25.4 Å². The Morgan fingerprint density at radius 3 is 3.25 bits per heavy atom. The van der Waals surface area contributed by atoms with Gasteiger partial charge in [0.15, 0.2) is 0 Å². The van der Waals surface area contributed by atoms with E-state index in [1.165, 1.54) is 6.20 Å². The van der Waals surface area contributed by atoms with Crippen LogP contribution in [0.25, 0.3) is 0 Å². The van der Waals surface area contributed by atoms with Crippen LogP contribution in [0, 0.1) is 0 Å². The van der Waals surface area contributed by atoms with Crippen molar-refractivity contribution in [3.05, 3.63) is 22.7 Å². The Morgan fingerprint density at radius 1 is 1.58 bits per heavy atom. The fourth-order valence-electron chi connectivity index (χ4n) is 1.47. The van der Waals surface area contributed by atoms with E-state index in [0.29, 0.717) is 10.8 Å². The standard InChI is InChI=1S/C8H9ClN2O/c9-7-4-10-8-5(11-7)2-1-3-6(8)12/h4,6,12H,1-3H2. The van der Waals surface area contributed by atoms with Crippen molar-refractivity contribution >= 4 is 11.6 Å². The highest BCUT2D eigenvalue weighted by Gasteiger charge is 2.20. The van der Waals surface area contributed by atoms with Crippen LogP contribution in [-0.4, -0.2) is 15.1 Å². The molecule has 0 amide bonds. The van der Waals surface area contributed by atoms with Crippen molar-refractivity contribution < 1.29 is 5.11 Å². The predicted octanol–water partition coefficient (Wildman–Crippen LogP) is 1.50. The number of rotatable bonds is 0. The molecular weight excluding hydrogens is 176 g/mol. The summed E-state index contributed by atoms with van der Waals surface area (Å²) in [5, 5.41) is 9.91. The van der Waals surface area contributed by atoms with E-state index in [1.807, 2.05) is 0 Å². The molecule has 2 rings (SSSR count). The molecule has 1 aliphatic rings. The Morgan fingerprint density at radius 2 is 2.42 bits per heavy atom. The first-order valence-corrected chi connectivity index (χ1v) is 4.34. The van der Waals surface area contributed by atoms with Crippen molar-refractivity contribution in [2.24, 2.45) is 0 Å². The zero-order valence-corrected chi connectivity index (χ0v) is 7.25. The average molecular weight is 185 g/mol. The van der Waals surface area contributed by atoms with Crippen molar-refractivity contribution in [3.63, 3.8) is 0 Å². The summed E-state index contributed by atoms with van der Waals surface area (Å²) in [6, 6.07) is 0. The fraction of sp³-hybridized carbons (Fsp3) is 0.500. The molecule has 0 fully saturated rings. The summed E-state index contributed by atoms with van der Waals surface area (Å²) in [6.45, 7) is 0. The highest BCUT2D eigenvalue weighted by Crippen LogP contribution is 2.26. The number of aryl methyl sites for hydroxylation is 1. The third-order valence-corrected chi connectivity index (χ3v) is 2.24. The van der Waals surface area contributed by atoms with Crippen LogP contribution in [0.15, 0.2) is 6.20 Å². The Labute approximate surface area is 75.4 Å². The molecule has 0 radical (unpaired) electrons. The van der Waals surface area contributed by atoms with Gasteiger partial charge in [-0.05, 0) is 19.3 Å². The number of fused-ring (bicyclic) bond motifs is 1. The number of nitrogens with zero attached hydrogens (tertiary/aromatic N) is 2. The Kier molecular flexibility index (Phi) is 1.98. The van der Waals surface area contributed by atoms with Gasteiger partial charge >= 0.3 is 0 Å². The Bertz CT molecular complexity index is 303. The van der Waals surface area contributed by atoms with Crippen LogP contribution in [0.3, 0.4) is 0 Å². The minimum atomic E-state index is -0.446. The molecule has 1 aromatic rings. The van der Waals surface area contributed by atoms with E-state index < -0.39 is 6.10 Å². The van der Waals surface area contributed by atoms with Gasteiger partial charge < -0.3 is 5.11 Å². The first-order valence-electron chi connectivity index (χ1n) is 3.97. The second kappa shape index (κ2) is 2.99. The Balaban J connectivity index is 2.46. The third-order valence-electron chi connectivity index (χ3n) is 2.05. The van der Waals surface area contributed by atoms with Gasteiger partial charge in [-0.25, -0.2) is 4.98 Å². The van der Waals surface area contributed by atoms with Crippen LogP contribution >= 0.6 is 11.6 Å². The summed E-state index contributed by atoms with van der Waals surface area (Å²) in [5.74, 6) is 0. The van der Waals surface area contributed by atoms with E-state index in [2.05, 4.69) is 9.97 Å². The maximum absolute atomic E-state index is 9.51. The first-order chi connectivity index (χ1) is 5.77. The summed E-state index contributed by atoms with van der Waals surface area (Å²) >= 11 is 5.67. The van der Waals surface area contributed by atoms with E-state index >= 15 is 0 Å². The number of hydrogen-bond donors (Lipinski definition) is 1. The molecule has 0 saturated carbocycles. The summed E-state index contributed by atoms with van der Waals surface area (Å²) in [5.41, 5.74) is 1.55. The third kappa shape index (κ3) is 1.30. The fourth-order valence-corrected chi connectivity index (χ4v) is 1.63. The maximum Gasteiger partial charge on any atom is 0.147 e. The predicted molar refractivity (Wildman–Crippen MR) is 44.9 cm³/mol. The van der Waals surface area contributed by atoms with Crippen LogP contribution in [0.5, 0.6) is 0 Å². The number of aliphatic hydroxyl groups is 1. The number of halogens is 1. The molecule has 0 spiro atoms. The average Bonchev–Trinajstić information content (AvgIpc) is 2.04. The largest absolute Gasteiger partial charge is 0.387 e. The second-order valence-electron chi connectivity index (χ2n) is 2.93. The van der Waals surface area contributed by atoms with Gasteiger partial charge in [0.2, 0.25) is 0 Å². The van der Waals surface area contributed by atoms with E-state index in [9.17, 15) is 5.11 Å². The molecular formula is C8H9ClN2O. The molecule has 3 nitrogen and oxygen atoms in total. The van der Waals surface area contributed by atoms with Gasteiger partial charge in [0, 0.05) is 0 Å². The van der Waals surface area contributed by atoms with Crippen LogP contribution in [0.4, 0.5) is 0 Å². The van der Waals surface area contributed by atoms with Gasteiger partial charge in [0.05, 0.1) is 23.7 Å². The molecule has 0 aliphatic heterocycles. The quantitative estimate of drug-likeness (QED) is 0.665. The van der Waals surface area contributed by atoms with E-state index in [1.54, 1.807) is 0 Å². The van der Waals surface area contributed by atoms with Crippen molar-refractivity contribution in [1.29, 1.82) is 0 Å². The molecule has 1 atom stereocenters. The van der Waals surface area contributed by atoms with Gasteiger partial charge in [0.25, 0.3) is 0 Å². The minimum absolute atomic E-state index is 0.405.